The van der Waals surface area contributed by atoms with Crippen molar-refractivity contribution in [1.29, 1.82) is 0 Å². The van der Waals surface area contributed by atoms with Crippen molar-refractivity contribution in [2.24, 2.45) is 0 Å². The molecule has 1 amide bonds. The minimum Gasteiger partial charge on any atom is -0.454 e. The minimum absolute atomic E-state index is 0.0265. The third-order valence-corrected chi connectivity index (χ3v) is 10.3. The summed E-state index contributed by atoms with van der Waals surface area (Å²) in [5.74, 6) is -1.09. The molecule has 3 aliphatic rings. The van der Waals surface area contributed by atoms with E-state index in [1.165, 1.54) is 4.31 Å². The molecule has 0 radical (unpaired) electrons. The van der Waals surface area contributed by atoms with E-state index < -0.39 is 38.5 Å². The number of nitrogens with zero attached hydrogens (tertiary/aromatic N) is 2. The van der Waals surface area contributed by atoms with Crippen LogP contribution >= 0.6 is 0 Å². The number of sulfonamides is 1. The molecule has 2 saturated heterocycles. The number of ether oxygens (including phenoxy) is 1. The van der Waals surface area contributed by atoms with Gasteiger partial charge in [0.25, 0.3) is 5.91 Å². The first kappa shape index (κ1) is 24.4. The molecule has 3 fully saturated rings. The maximum absolute atomic E-state index is 13.1. The lowest BCUT2D eigenvalue weighted by molar-refractivity contribution is -0.156. The van der Waals surface area contributed by atoms with Crippen LogP contribution in [0.1, 0.15) is 64.7 Å². The van der Waals surface area contributed by atoms with Crippen LogP contribution in [0, 0.1) is 0 Å². The lowest BCUT2D eigenvalue weighted by atomic mass is 9.93. The number of rotatable bonds is 8. The molecule has 1 aliphatic carbocycles. The van der Waals surface area contributed by atoms with Crippen LogP contribution in [-0.2, 0) is 34.2 Å². The molecular weight excluding hydrogens is 444 g/mol. The molecule has 2 unspecified atom stereocenters. The van der Waals surface area contributed by atoms with Crippen LogP contribution < -0.4 is 0 Å². The Hall–Kier alpha value is -1.20. The molecule has 0 N–H and O–H groups in total. The Morgan fingerprint density at radius 2 is 1.74 bits per heavy atom. The van der Waals surface area contributed by atoms with Gasteiger partial charge in [-0.05, 0) is 38.5 Å². The first-order valence-corrected chi connectivity index (χ1v) is 14.8. The average Bonchev–Trinajstić information content (AvgIpc) is 3.34. The second-order valence-corrected chi connectivity index (χ2v) is 13.1. The third-order valence-electron chi connectivity index (χ3n) is 6.49. The van der Waals surface area contributed by atoms with Gasteiger partial charge in [0, 0.05) is 18.6 Å². The van der Waals surface area contributed by atoms with Crippen LogP contribution in [-0.4, -0.2) is 86.5 Å². The second kappa shape index (κ2) is 10.2. The Balaban J connectivity index is 1.65. The van der Waals surface area contributed by atoms with E-state index >= 15 is 0 Å². The molecule has 0 aromatic heterocycles. The molecule has 1 saturated carbocycles. The van der Waals surface area contributed by atoms with Crippen molar-refractivity contribution < 1.29 is 31.2 Å². The number of esters is 1. The molecule has 0 aromatic carbocycles. The van der Waals surface area contributed by atoms with E-state index in [9.17, 15) is 26.4 Å². The number of sulfone groups is 1. The van der Waals surface area contributed by atoms with Crippen molar-refractivity contribution in [2.75, 3.05) is 30.4 Å². The SMILES string of the molecule is CCCS(=O)(=O)N1CCCC1C(=O)OCC(=O)N(C1CCCCC1)C1CCS(=O)(=O)C1. The lowest BCUT2D eigenvalue weighted by Crippen LogP contribution is -2.50. The summed E-state index contributed by atoms with van der Waals surface area (Å²) in [4.78, 5) is 27.4. The van der Waals surface area contributed by atoms with Gasteiger partial charge in [-0.15, -0.1) is 0 Å². The van der Waals surface area contributed by atoms with E-state index in [-0.39, 0.29) is 41.8 Å². The highest BCUT2D eigenvalue weighted by atomic mass is 32.2. The van der Waals surface area contributed by atoms with E-state index in [4.69, 9.17) is 4.74 Å². The molecule has 2 atom stereocenters. The normalized spacial score (nSPS) is 27.3. The zero-order chi connectivity index (χ0) is 22.6. The predicted molar refractivity (Wildman–Crippen MR) is 116 cm³/mol. The Labute approximate surface area is 185 Å². The highest BCUT2D eigenvalue weighted by molar-refractivity contribution is 7.91. The van der Waals surface area contributed by atoms with Gasteiger partial charge in [-0.25, -0.2) is 16.8 Å². The van der Waals surface area contributed by atoms with Crippen LogP contribution in [0.25, 0.3) is 0 Å². The maximum Gasteiger partial charge on any atom is 0.324 e. The Kier molecular flexibility index (Phi) is 8.01. The molecule has 9 nitrogen and oxygen atoms in total. The Morgan fingerprint density at radius 3 is 2.35 bits per heavy atom. The van der Waals surface area contributed by atoms with Gasteiger partial charge in [0.15, 0.2) is 16.4 Å². The smallest absolute Gasteiger partial charge is 0.324 e. The van der Waals surface area contributed by atoms with Crippen LogP contribution in [0.2, 0.25) is 0 Å². The summed E-state index contributed by atoms with van der Waals surface area (Å²) >= 11 is 0. The Bertz CT molecular complexity index is 866. The molecule has 2 heterocycles. The van der Waals surface area contributed by atoms with E-state index in [0.717, 1.165) is 32.1 Å². The first-order valence-electron chi connectivity index (χ1n) is 11.3. The minimum atomic E-state index is -3.53. The van der Waals surface area contributed by atoms with Crippen molar-refractivity contribution in [2.45, 2.75) is 82.8 Å². The summed E-state index contributed by atoms with van der Waals surface area (Å²) in [5, 5.41) is 0. The zero-order valence-electron chi connectivity index (χ0n) is 18.2. The van der Waals surface area contributed by atoms with Gasteiger partial charge in [0.05, 0.1) is 17.3 Å². The zero-order valence-corrected chi connectivity index (χ0v) is 19.8. The lowest BCUT2D eigenvalue weighted by Gasteiger charge is -2.38. The number of carbonyl (C=O) groups excluding carboxylic acids is 2. The van der Waals surface area contributed by atoms with Gasteiger partial charge in [-0.1, -0.05) is 26.2 Å². The van der Waals surface area contributed by atoms with Crippen LogP contribution in [0.3, 0.4) is 0 Å². The standard InChI is InChI=1S/C20H34N2O7S2/c1-2-12-31(27,28)21-11-6-9-18(21)20(24)29-14-19(23)22(16-7-4-3-5-8-16)17-10-13-30(25,26)15-17/h16-18H,2-15H2,1H3. The van der Waals surface area contributed by atoms with Crippen molar-refractivity contribution in [3.8, 4) is 0 Å². The second-order valence-electron chi connectivity index (χ2n) is 8.84. The quantitative estimate of drug-likeness (QED) is 0.479. The summed E-state index contributed by atoms with van der Waals surface area (Å²) < 4.78 is 55.3. The largest absolute Gasteiger partial charge is 0.454 e. The average molecular weight is 479 g/mol. The Morgan fingerprint density at radius 1 is 1.03 bits per heavy atom. The summed E-state index contributed by atoms with van der Waals surface area (Å²) in [6, 6.07) is -1.31. The fourth-order valence-corrected chi connectivity index (χ4v) is 8.50. The maximum atomic E-state index is 13.1. The molecule has 3 rings (SSSR count). The monoisotopic (exact) mass is 478 g/mol. The topological polar surface area (TPSA) is 118 Å². The number of amides is 1. The van der Waals surface area contributed by atoms with Gasteiger partial charge in [0.1, 0.15) is 6.04 Å². The highest BCUT2D eigenvalue weighted by Gasteiger charge is 2.41. The molecule has 11 heteroatoms. The van der Waals surface area contributed by atoms with E-state index in [1.807, 2.05) is 0 Å². The van der Waals surface area contributed by atoms with Gasteiger partial charge in [-0.2, -0.15) is 4.31 Å². The highest BCUT2D eigenvalue weighted by Crippen LogP contribution is 2.29. The van der Waals surface area contributed by atoms with Gasteiger partial charge < -0.3 is 9.64 Å². The van der Waals surface area contributed by atoms with Gasteiger partial charge >= 0.3 is 5.97 Å². The molecule has 2 aliphatic heterocycles. The van der Waals surface area contributed by atoms with Crippen molar-refractivity contribution in [1.82, 2.24) is 9.21 Å². The van der Waals surface area contributed by atoms with Gasteiger partial charge in [0.2, 0.25) is 10.0 Å². The summed E-state index contributed by atoms with van der Waals surface area (Å²) in [6.45, 7) is 1.57. The summed E-state index contributed by atoms with van der Waals surface area (Å²) in [6.07, 6.45) is 6.53. The molecule has 178 valence electrons. The molecule has 0 aromatic rings. The molecular formula is C20H34N2O7S2. The predicted octanol–water partition coefficient (Wildman–Crippen LogP) is 1.08. The summed E-state index contributed by atoms with van der Waals surface area (Å²) in [5.41, 5.74) is 0. The fourth-order valence-electron chi connectivity index (χ4n) is 5.05. The van der Waals surface area contributed by atoms with Crippen LogP contribution in [0.15, 0.2) is 0 Å². The third kappa shape index (κ3) is 5.98. The molecule has 0 bridgehead atoms. The van der Waals surface area contributed by atoms with Crippen LogP contribution in [0.4, 0.5) is 0 Å². The van der Waals surface area contributed by atoms with Crippen molar-refractivity contribution in [3.05, 3.63) is 0 Å². The number of hydrogen-bond donors (Lipinski definition) is 0. The first-order chi connectivity index (χ1) is 14.6. The van der Waals surface area contributed by atoms with Crippen LogP contribution in [0.5, 0.6) is 0 Å². The van der Waals surface area contributed by atoms with Gasteiger partial charge in [-0.3, -0.25) is 9.59 Å². The molecule has 31 heavy (non-hydrogen) atoms. The van der Waals surface area contributed by atoms with E-state index in [2.05, 4.69) is 0 Å². The van der Waals surface area contributed by atoms with E-state index in [1.54, 1.807) is 11.8 Å². The molecule has 0 spiro atoms. The summed E-state index contributed by atoms with van der Waals surface area (Å²) in [7, 11) is -6.69. The van der Waals surface area contributed by atoms with Crippen molar-refractivity contribution in [3.63, 3.8) is 0 Å². The number of hydrogen-bond acceptors (Lipinski definition) is 7. The number of carbonyl (C=O) groups is 2. The van der Waals surface area contributed by atoms with Crippen molar-refractivity contribution >= 4 is 31.7 Å². The van der Waals surface area contributed by atoms with E-state index in [0.29, 0.717) is 25.7 Å². The fraction of sp³-hybridized carbons (Fsp3) is 0.900.